The van der Waals surface area contributed by atoms with Crippen molar-refractivity contribution in [3.8, 4) is 0 Å². The van der Waals surface area contributed by atoms with Crippen LogP contribution in [0.15, 0.2) is 67.3 Å². The molecule has 0 bridgehead atoms. The summed E-state index contributed by atoms with van der Waals surface area (Å²) in [6, 6.07) is 10.6. The molecule has 4 heterocycles. The van der Waals surface area contributed by atoms with E-state index < -0.39 is 47.2 Å². The maximum Gasteiger partial charge on any atom is 0.411 e. The number of nitrogens with one attached hydrogen (secondary N) is 1. The Balaban J connectivity index is 1.18. The Morgan fingerprint density at radius 2 is 1.73 bits per heavy atom. The van der Waals surface area contributed by atoms with Gasteiger partial charge in [0.05, 0.1) is 42.7 Å². The van der Waals surface area contributed by atoms with Gasteiger partial charge >= 0.3 is 6.09 Å². The topological polar surface area (TPSA) is 110 Å². The Labute approximate surface area is 300 Å². The molecule has 9 nitrogen and oxygen atoms in total. The molecule has 5 aromatic rings. The van der Waals surface area contributed by atoms with E-state index in [4.69, 9.17) is 14.5 Å². The van der Waals surface area contributed by atoms with Crippen LogP contribution in [-0.2, 0) is 27.1 Å². The molecule has 1 aliphatic heterocycles. The maximum atomic E-state index is 15.4. The summed E-state index contributed by atoms with van der Waals surface area (Å²) >= 11 is 0. The highest BCUT2D eigenvalue weighted by Gasteiger charge is 2.38. The fraction of sp³-hybridized carbons (Fsp3) is 0.375. The lowest BCUT2D eigenvalue weighted by molar-refractivity contribution is -0.118. The third-order valence-corrected chi connectivity index (χ3v) is 9.41. The molecular formula is C40H42F3N5O4. The molecular weight excluding hydrogens is 671 g/mol. The number of aromatic amines is 1. The molecule has 12 heteroatoms. The summed E-state index contributed by atoms with van der Waals surface area (Å²) < 4.78 is 56.0. The molecule has 3 aromatic heterocycles. The second-order valence-corrected chi connectivity index (χ2v) is 14.4. The molecule has 1 amide bonds. The number of pyridine rings is 2. The molecule has 2 aromatic carbocycles. The van der Waals surface area contributed by atoms with Crippen molar-refractivity contribution in [2.45, 2.75) is 84.0 Å². The third-order valence-electron chi connectivity index (χ3n) is 9.41. The second-order valence-electron chi connectivity index (χ2n) is 14.4. The van der Waals surface area contributed by atoms with Crippen LogP contribution in [0.4, 0.5) is 18.0 Å². The number of Topliss-reactive ketones (excluding diaryl/α,β-unsaturated/α-hetero) is 1. The molecule has 0 aliphatic carbocycles. The fourth-order valence-corrected chi connectivity index (χ4v) is 6.61. The Morgan fingerprint density at radius 3 is 2.46 bits per heavy atom. The maximum absolute atomic E-state index is 15.4. The van der Waals surface area contributed by atoms with E-state index in [0.717, 1.165) is 34.6 Å². The van der Waals surface area contributed by atoms with Gasteiger partial charge in [0.15, 0.2) is 0 Å². The molecule has 1 fully saturated rings. The van der Waals surface area contributed by atoms with Crippen molar-refractivity contribution in [1.82, 2.24) is 24.8 Å². The van der Waals surface area contributed by atoms with E-state index in [1.807, 2.05) is 26.0 Å². The standard InChI is InChI=1S/C40H42F3N5O4/c1-23-14-35-36(15-24(23)2)47-38(46-35)37-22-51-29(21-48(37)39(50)52-40(3,4)5)10-11-30-26(18-45-20-33(30)42)16-28(49)17-32(25-6-8-27(41)9-7-25)31-12-13-44-19-34(31)43/h6-9,12-15,18-20,29,32,37H,10-11,16-17,21-22H2,1-5H3,(H,46,47)/t29-,32+,37+/m1/s1. The Bertz CT molecular complexity index is 2040. The summed E-state index contributed by atoms with van der Waals surface area (Å²) in [4.78, 5) is 44.7. The van der Waals surface area contributed by atoms with Crippen LogP contribution in [0.2, 0.25) is 0 Å². The van der Waals surface area contributed by atoms with Crippen molar-refractivity contribution in [2.75, 3.05) is 13.2 Å². The number of carbonyl (C=O) groups is 2. The monoisotopic (exact) mass is 713 g/mol. The minimum absolute atomic E-state index is 0.110. The van der Waals surface area contributed by atoms with Crippen molar-refractivity contribution >= 4 is 22.9 Å². The van der Waals surface area contributed by atoms with E-state index in [2.05, 4.69) is 15.0 Å². The number of benzene rings is 2. The summed E-state index contributed by atoms with van der Waals surface area (Å²) in [5, 5.41) is 0. The van der Waals surface area contributed by atoms with E-state index in [9.17, 15) is 18.4 Å². The number of halogens is 3. The highest BCUT2D eigenvalue weighted by Crippen LogP contribution is 2.33. The molecule has 1 aliphatic rings. The summed E-state index contributed by atoms with van der Waals surface area (Å²) in [7, 11) is 0. The molecule has 0 unspecified atom stereocenters. The van der Waals surface area contributed by atoms with Crippen molar-refractivity contribution < 1.29 is 32.2 Å². The van der Waals surface area contributed by atoms with Gasteiger partial charge in [-0.25, -0.2) is 22.9 Å². The van der Waals surface area contributed by atoms with Gasteiger partial charge in [-0.1, -0.05) is 12.1 Å². The predicted octanol–water partition coefficient (Wildman–Crippen LogP) is 8.03. The van der Waals surface area contributed by atoms with Crippen molar-refractivity contribution in [3.63, 3.8) is 0 Å². The Hall–Kier alpha value is -5.10. The number of aromatic nitrogens is 4. The van der Waals surface area contributed by atoms with Crippen LogP contribution >= 0.6 is 0 Å². The number of fused-ring (bicyclic) bond motifs is 1. The van der Waals surface area contributed by atoms with Crippen LogP contribution in [0, 0.1) is 31.3 Å². The number of rotatable bonds is 10. The van der Waals surface area contributed by atoms with E-state index in [1.165, 1.54) is 42.7 Å². The average molecular weight is 714 g/mol. The second kappa shape index (κ2) is 15.2. The number of carbonyl (C=O) groups excluding carboxylic acids is 2. The first-order valence-electron chi connectivity index (χ1n) is 17.3. The Morgan fingerprint density at radius 1 is 1.00 bits per heavy atom. The summed E-state index contributed by atoms with van der Waals surface area (Å²) in [5.41, 5.74) is 4.66. The lowest BCUT2D eigenvalue weighted by Crippen LogP contribution is -2.49. The largest absolute Gasteiger partial charge is 0.444 e. The van der Waals surface area contributed by atoms with Crippen molar-refractivity contribution in [2.24, 2.45) is 0 Å². The normalized spacial score (nSPS) is 17.0. The summed E-state index contributed by atoms with van der Waals surface area (Å²) in [5.74, 6) is -2.00. The number of imidazole rings is 1. The number of nitrogens with zero attached hydrogens (tertiary/aromatic N) is 4. The summed E-state index contributed by atoms with van der Waals surface area (Å²) in [6.45, 7) is 9.76. The van der Waals surface area contributed by atoms with Crippen molar-refractivity contribution in [1.29, 1.82) is 0 Å². The van der Waals surface area contributed by atoms with Crippen molar-refractivity contribution in [3.05, 3.63) is 124 Å². The summed E-state index contributed by atoms with van der Waals surface area (Å²) in [6.07, 6.45) is 4.39. The van der Waals surface area contributed by atoms with Gasteiger partial charge in [0.25, 0.3) is 0 Å². The average Bonchev–Trinajstić information content (AvgIpc) is 3.49. The van der Waals surface area contributed by atoms with Crippen LogP contribution in [0.1, 0.15) is 84.8 Å². The molecule has 0 spiro atoms. The van der Waals surface area contributed by atoms with E-state index >= 15 is 4.39 Å². The zero-order valence-electron chi connectivity index (χ0n) is 29.9. The number of morpholine rings is 1. The van der Waals surface area contributed by atoms with Gasteiger partial charge in [-0.2, -0.15) is 0 Å². The molecule has 6 rings (SSSR count). The first-order chi connectivity index (χ1) is 24.8. The van der Waals surface area contributed by atoms with Gasteiger partial charge < -0.3 is 14.5 Å². The molecule has 52 heavy (non-hydrogen) atoms. The SMILES string of the molecule is Cc1cc2nc([C@@H]3CO[C@H](CCc4c(F)cncc4CC(=O)C[C@@H](c4ccc(F)cc4)c4ccncc4F)CN3C(=O)OC(C)(C)C)[nH]c2cc1C. The predicted molar refractivity (Wildman–Crippen MR) is 189 cm³/mol. The Kier molecular flexibility index (Phi) is 10.8. The van der Waals surface area contributed by atoms with Gasteiger partial charge in [-0.05, 0) is 111 Å². The number of hydrogen-bond acceptors (Lipinski definition) is 7. The lowest BCUT2D eigenvalue weighted by Gasteiger charge is -2.39. The molecule has 272 valence electrons. The van der Waals surface area contributed by atoms with Crippen LogP contribution in [0.5, 0.6) is 0 Å². The quantitative estimate of drug-likeness (QED) is 0.156. The van der Waals surface area contributed by atoms with Crippen LogP contribution in [-0.4, -0.2) is 61.6 Å². The fourth-order valence-electron chi connectivity index (χ4n) is 6.61. The van der Waals surface area contributed by atoms with Crippen LogP contribution < -0.4 is 0 Å². The molecule has 0 radical (unpaired) electrons. The zero-order chi connectivity index (χ0) is 37.2. The lowest BCUT2D eigenvalue weighted by atomic mass is 9.85. The first kappa shape index (κ1) is 36.7. The van der Waals surface area contributed by atoms with Gasteiger partial charge in [0, 0.05) is 31.2 Å². The number of H-pyrrole nitrogens is 1. The van der Waals surface area contributed by atoms with E-state index in [1.54, 1.807) is 25.7 Å². The van der Waals surface area contributed by atoms with Gasteiger partial charge in [-0.3, -0.25) is 19.7 Å². The van der Waals surface area contributed by atoms with Crippen LogP contribution in [0.3, 0.4) is 0 Å². The first-order valence-corrected chi connectivity index (χ1v) is 17.3. The van der Waals surface area contributed by atoms with E-state index in [-0.39, 0.29) is 43.8 Å². The van der Waals surface area contributed by atoms with Gasteiger partial charge in [-0.15, -0.1) is 0 Å². The molecule has 1 N–H and O–H groups in total. The molecule has 0 saturated carbocycles. The highest BCUT2D eigenvalue weighted by molar-refractivity contribution is 5.82. The number of aryl methyl sites for hydroxylation is 2. The third kappa shape index (κ3) is 8.50. The molecule has 1 saturated heterocycles. The minimum Gasteiger partial charge on any atom is -0.444 e. The molecule has 3 atom stereocenters. The van der Waals surface area contributed by atoms with Crippen LogP contribution in [0.25, 0.3) is 11.0 Å². The number of ketones is 1. The highest BCUT2D eigenvalue weighted by atomic mass is 19.1. The van der Waals surface area contributed by atoms with Gasteiger partial charge in [0.2, 0.25) is 0 Å². The minimum atomic E-state index is -0.738. The number of hydrogen-bond donors (Lipinski definition) is 1. The number of amides is 1. The van der Waals surface area contributed by atoms with E-state index in [0.29, 0.717) is 28.9 Å². The van der Waals surface area contributed by atoms with Gasteiger partial charge in [0.1, 0.15) is 40.7 Å². The zero-order valence-corrected chi connectivity index (χ0v) is 29.9. The smallest absolute Gasteiger partial charge is 0.411 e. The number of ether oxygens (including phenoxy) is 2.